The van der Waals surface area contributed by atoms with Crippen LogP contribution in [0.25, 0.3) is 85.9 Å². The summed E-state index contributed by atoms with van der Waals surface area (Å²) in [6.07, 6.45) is -0.549. The van der Waals surface area contributed by atoms with Crippen molar-refractivity contribution in [3.63, 3.8) is 0 Å². The molecule has 0 radical (unpaired) electrons. The summed E-state index contributed by atoms with van der Waals surface area (Å²) in [6.45, 7) is 0. The Morgan fingerprint density at radius 2 is 1.10 bits per heavy atom. The Morgan fingerprint density at radius 1 is 0.448 bits per heavy atom. The van der Waals surface area contributed by atoms with Crippen LogP contribution in [-0.4, -0.2) is 11.7 Å². The van der Waals surface area contributed by atoms with E-state index in [2.05, 4.69) is 193 Å². The second kappa shape index (κ2) is 13.1. The predicted molar refractivity (Wildman–Crippen MR) is 244 cm³/mol. The summed E-state index contributed by atoms with van der Waals surface area (Å²) in [7, 11) is 0. The van der Waals surface area contributed by atoms with Crippen LogP contribution in [0.15, 0.2) is 202 Å². The van der Waals surface area contributed by atoms with Crippen LogP contribution in [0.2, 0.25) is 0 Å². The summed E-state index contributed by atoms with van der Waals surface area (Å²) in [5.74, 6) is 1.58. The Bertz CT molecular complexity index is 3490. The number of thiophene rings is 1. The molecule has 58 heavy (non-hydrogen) atoms. The van der Waals surface area contributed by atoms with E-state index in [0.29, 0.717) is 0 Å². The smallest absolute Gasteiger partial charge is 0.170 e. The van der Waals surface area contributed by atoms with Crippen molar-refractivity contribution in [2.75, 3.05) is 0 Å². The van der Waals surface area contributed by atoms with Gasteiger partial charge in [0.1, 0.15) is 22.8 Å². The Labute approximate surface area is 338 Å². The molecule has 5 heteroatoms. The van der Waals surface area contributed by atoms with Gasteiger partial charge in [0.15, 0.2) is 6.17 Å². The normalized spacial score (nSPS) is 14.4. The molecule has 1 aliphatic rings. The number of hydrogen-bond acceptors (Lipinski definition) is 5. The standard InChI is InChI=1S/C53H33N3OS/c1-2-11-32(12-3-1)34-21-24-35(25-22-34)40-27-28-43(48-45-30-37-15-6-7-16-38(37)31-46(45)57-49(40)48)52-54-51(39-26-23-33-13-4-5-14-36(33)29-39)55-53(56-52)44-19-10-18-42-41-17-8-9-20-47(41)58-50(42)44/h1-31,52H,(H,54,55,56). The fourth-order valence-corrected chi connectivity index (χ4v) is 9.87. The molecule has 2 aromatic heterocycles. The topological polar surface area (TPSA) is 49.9 Å². The highest BCUT2D eigenvalue weighted by molar-refractivity contribution is 7.26. The number of fused-ring (bicyclic) bond motifs is 8. The number of furan rings is 1. The van der Waals surface area contributed by atoms with Crippen molar-refractivity contribution in [2.24, 2.45) is 9.98 Å². The first-order valence-electron chi connectivity index (χ1n) is 19.6. The summed E-state index contributed by atoms with van der Waals surface area (Å²) in [5.41, 5.74) is 9.23. The van der Waals surface area contributed by atoms with Crippen molar-refractivity contribution in [1.82, 2.24) is 5.32 Å². The molecule has 0 saturated carbocycles. The van der Waals surface area contributed by atoms with Crippen molar-refractivity contribution in [2.45, 2.75) is 6.17 Å². The van der Waals surface area contributed by atoms with Crippen LogP contribution in [0.5, 0.6) is 0 Å². The first kappa shape index (κ1) is 32.9. The molecule has 1 aliphatic heterocycles. The second-order valence-corrected chi connectivity index (χ2v) is 16.0. The number of hydrogen-bond donors (Lipinski definition) is 1. The molecule has 0 fully saturated rings. The molecule has 1 N–H and O–H groups in total. The van der Waals surface area contributed by atoms with Crippen molar-refractivity contribution in [3.05, 3.63) is 205 Å². The molecule has 1 atom stereocenters. The average Bonchev–Trinajstić information content (AvgIpc) is 3.86. The fraction of sp³-hybridized carbons (Fsp3) is 0.0189. The summed E-state index contributed by atoms with van der Waals surface area (Å²) in [6, 6.07) is 66.8. The average molecular weight is 760 g/mol. The zero-order chi connectivity index (χ0) is 38.2. The molecule has 0 amide bonds. The van der Waals surface area contributed by atoms with Gasteiger partial charge >= 0.3 is 0 Å². The monoisotopic (exact) mass is 759 g/mol. The lowest BCUT2D eigenvalue weighted by atomic mass is 9.95. The van der Waals surface area contributed by atoms with Gasteiger partial charge in [0, 0.05) is 53.2 Å². The lowest BCUT2D eigenvalue weighted by Gasteiger charge is -2.23. The maximum Gasteiger partial charge on any atom is 0.170 e. The van der Waals surface area contributed by atoms with Gasteiger partial charge in [0.2, 0.25) is 0 Å². The van der Waals surface area contributed by atoms with Gasteiger partial charge in [-0.05, 0) is 68.6 Å². The van der Waals surface area contributed by atoms with E-state index >= 15 is 0 Å². The number of nitrogens with one attached hydrogen (secondary N) is 1. The maximum atomic E-state index is 6.94. The van der Waals surface area contributed by atoms with Gasteiger partial charge in [-0.25, -0.2) is 9.98 Å². The molecule has 3 heterocycles. The van der Waals surface area contributed by atoms with Gasteiger partial charge in [-0.2, -0.15) is 0 Å². The van der Waals surface area contributed by atoms with E-state index in [0.717, 1.165) is 77.6 Å². The highest BCUT2D eigenvalue weighted by Gasteiger charge is 2.27. The lowest BCUT2D eigenvalue weighted by Crippen LogP contribution is -2.36. The lowest BCUT2D eigenvalue weighted by molar-refractivity contribution is 0.669. The molecule has 0 bridgehead atoms. The van der Waals surface area contributed by atoms with Crippen LogP contribution in [0.4, 0.5) is 0 Å². The highest BCUT2D eigenvalue weighted by atomic mass is 32.1. The van der Waals surface area contributed by atoms with Gasteiger partial charge in [-0.1, -0.05) is 158 Å². The van der Waals surface area contributed by atoms with E-state index < -0.39 is 6.17 Å². The largest absolute Gasteiger partial charge is 0.455 e. The fourth-order valence-electron chi connectivity index (χ4n) is 8.65. The van der Waals surface area contributed by atoms with E-state index in [9.17, 15) is 0 Å². The quantitative estimate of drug-likeness (QED) is 0.190. The summed E-state index contributed by atoms with van der Waals surface area (Å²) < 4.78 is 9.40. The number of rotatable bonds is 5. The predicted octanol–water partition coefficient (Wildman–Crippen LogP) is 14.1. The molecule has 1 unspecified atom stereocenters. The molecule has 11 aromatic rings. The number of amidine groups is 2. The highest BCUT2D eigenvalue weighted by Crippen LogP contribution is 2.44. The minimum absolute atomic E-state index is 0.549. The van der Waals surface area contributed by atoms with Crippen LogP contribution in [0, 0.1) is 0 Å². The molecule has 4 nitrogen and oxygen atoms in total. The Balaban J connectivity index is 1.09. The van der Waals surface area contributed by atoms with E-state index in [4.69, 9.17) is 14.4 Å². The molecule has 272 valence electrons. The van der Waals surface area contributed by atoms with Crippen LogP contribution in [-0.2, 0) is 0 Å². The van der Waals surface area contributed by atoms with Gasteiger partial charge < -0.3 is 9.73 Å². The SMILES string of the molecule is c1ccc(-c2ccc(-c3ccc(C4N=C(c5ccc6ccccc6c5)NC(c5cccc6c5sc5ccccc56)=N4)c4c3oc3cc5ccccc5cc34)cc2)cc1. The van der Waals surface area contributed by atoms with Gasteiger partial charge in [-0.3, -0.25) is 0 Å². The van der Waals surface area contributed by atoms with E-state index in [-0.39, 0.29) is 0 Å². The van der Waals surface area contributed by atoms with Gasteiger partial charge in [0.25, 0.3) is 0 Å². The molecule has 0 saturated heterocycles. The van der Waals surface area contributed by atoms with Crippen LogP contribution in [0.1, 0.15) is 22.9 Å². The summed E-state index contributed by atoms with van der Waals surface area (Å²) in [4.78, 5) is 11.0. The van der Waals surface area contributed by atoms with Gasteiger partial charge in [0.05, 0.1) is 0 Å². The first-order valence-corrected chi connectivity index (χ1v) is 20.4. The third-order valence-corrected chi connectivity index (χ3v) is 12.7. The third-order valence-electron chi connectivity index (χ3n) is 11.5. The van der Waals surface area contributed by atoms with Gasteiger partial charge in [-0.15, -0.1) is 11.3 Å². The number of nitrogens with zero attached hydrogens (tertiary/aromatic N) is 2. The van der Waals surface area contributed by atoms with E-state index in [1.165, 1.54) is 36.7 Å². The summed E-state index contributed by atoms with van der Waals surface area (Å²) >= 11 is 1.81. The van der Waals surface area contributed by atoms with Crippen LogP contribution < -0.4 is 5.32 Å². The van der Waals surface area contributed by atoms with Crippen molar-refractivity contribution >= 4 is 86.7 Å². The van der Waals surface area contributed by atoms with E-state index in [1.54, 1.807) is 0 Å². The zero-order valence-electron chi connectivity index (χ0n) is 31.2. The van der Waals surface area contributed by atoms with Crippen molar-refractivity contribution in [1.29, 1.82) is 0 Å². The Kier molecular flexibility index (Phi) is 7.43. The van der Waals surface area contributed by atoms with E-state index in [1.807, 2.05) is 11.3 Å². The molecule has 9 aromatic carbocycles. The number of aliphatic imine (C=N–C) groups is 2. The van der Waals surface area contributed by atoms with Crippen LogP contribution >= 0.6 is 11.3 Å². The third kappa shape index (κ3) is 5.36. The number of benzene rings is 9. The molecule has 0 aliphatic carbocycles. The Morgan fingerprint density at radius 3 is 1.95 bits per heavy atom. The summed E-state index contributed by atoms with van der Waals surface area (Å²) in [5, 5.41) is 12.9. The van der Waals surface area contributed by atoms with Crippen molar-refractivity contribution in [3.8, 4) is 22.3 Å². The molecular weight excluding hydrogens is 727 g/mol. The maximum absolute atomic E-state index is 6.94. The first-order chi connectivity index (χ1) is 28.7. The Hall–Kier alpha value is -7.34. The molecule has 12 rings (SSSR count). The zero-order valence-corrected chi connectivity index (χ0v) is 32.0. The minimum atomic E-state index is -0.549. The minimum Gasteiger partial charge on any atom is -0.455 e. The molecular formula is C53H33N3OS. The van der Waals surface area contributed by atoms with Crippen LogP contribution in [0.3, 0.4) is 0 Å². The molecule has 0 spiro atoms. The van der Waals surface area contributed by atoms with Crippen molar-refractivity contribution < 1.29 is 4.42 Å². The second-order valence-electron chi connectivity index (χ2n) is 14.9.